The number of hydrogen-bond donors (Lipinski definition) is 2. The van der Waals surface area contributed by atoms with Crippen LogP contribution in [0.4, 0.5) is 37.7 Å². The van der Waals surface area contributed by atoms with Crippen LogP contribution in [-0.2, 0) is 23.2 Å². The number of halogens is 6. The summed E-state index contributed by atoms with van der Waals surface area (Å²) in [6, 6.07) is 18.2. The Morgan fingerprint density at radius 3 is 2.12 bits per heavy atom. The molecule has 0 amide bonds. The molecule has 2 aliphatic heterocycles. The molecule has 0 spiro atoms. The highest BCUT2D eigenvalue weighted by Crippen LogP contribution is 2.49. The number of nitrogens with zero attached hydrogens (tertiary/aromatic N) is 3. The maximum Gasteiger partial charge on any atom is 0.417 e. The van der Waals surface area contributed by atoms with Crippen LogP contribution < -0.4 is 21.4 Å². The number of alkyl halides is 6. The largest absolute Gasteiger partial charge is 0.417 e. The number of fused-ring (bicyclic) bond motifs is 2. The molecular weight excluding hydrogens is 737 g/mol. The van der Waals surface area contributed by atoms with Gasteiger partial charge in [0.25, 0.3) is 0 Å². The van der Waals surface area contributed by atoms with Crippen molar-refractivity contribution in [3.05, 3.63) is 148 Å². The molecule has 3 aromatic rings. The van der Waals surface area contributed by atoms with Crippen LogP contribution >= 0.6 is 0 Å². The predicted octanol–water partition coefficient (Wildman–Crippen LogP) is 11.7. The Hall–Kier alpha value is -4.90. The molecule has 0 radical (unpaired) electrons. The van der Waals surface area contributed by atoms with Crippen molar-refractivity contribution in [3.8, 4) is 0 Å². The summed E-state index contributed by atoms with van der Waals surface area (Å²) in [6.07, 6.45) is 3.52. The number of nitrogens with two attached hydrogens (primary N) is 2. The fraction of sp³-hybridized carbons (Fsp3) is 0.391. The third-order valence-electron chi connectivity index (χ3n) is 11.6. The van der Waals surface area contributed by atoms with E-state index in [0.29, 0.717) is 24.6 Å². The molecule has 0 saturated heterocycles. The Morgan fingerprint density at radius 1 is 0.825 bits per heavy atom. The van der Waals surface area contributed by atoms with Gasteiger partial charge in [-0.25, -0.2) is 5.84 Å². The van der Waals surface area contributed by atoms with E-state index < -0.39 is 34.7 Å². The van der Waals surface area contributed by atoms with Gasteiger partial charge in [-0.15, -0.1) is 0 Å². The van der Waals surface area contributed by atoms with Gasteiger partial charge in [0.15, 0.2) is 0 Å². The summed E-state index contributed by atoms with van der Waals surface area (Å²) in [5, 5.41) is 1.24. The molecule has 4 N–H and O–H groups in total. The van der Waals surface area contributed by atoms with E-state index in [9.17, 15) is 26.3 Å². The van der Waals surface area contributed by atoms with Gasteiger partial charge in [0.2, 0.25) is 0 Å². The van der Waals surface area contributed by atoms with Gasteiger partial charge < -0.3 is 15.5 Å². The fourth-order valence-corrected chi connectivity index (χ4v) is 8.86. The van der Waals surface area contributed by atoms with E-state index in [2.05, 4.69) is 106 Å². The number of para-hydroxylation sites is 2. The summed E-state index contributed by atoms with van der Waals surface area (Å²) in [5.41, 5.74) is 10.2. The minimum atomic E-state index is -5.10. The zero-order valence-electron chi connectivity index (χ0n) is 33.5. The molecule has 5 nitrogen and oxygen atoms in total. The normalized spacial score (nSPS) is 20.9. The first kappa shape index (κ1) is 41.7. The van der Waals surface area contributed by atoms with Gasteiger partial charge in [-0.05, 0) is 84.7 Å². The highest BCUT2D eigenvalue weighted by Gasteiger charge is 2.43. The van der Waals surface area contributed by atoms with Crippen molar-refractivity contribution in [2.24, 2.45) is 11.6 Å². The number of rotatable bonds is 10. The summed E-state index contributed by atoms with van der Waals surface area (Å²) in [4.78, 5) is 4.75. The SMILES string of the molecule is CCCN1/C(=C/C=C2\CCCC(/C=C/C3N(CCC)c4ccccc4C3(C)C)=C2N(N)/C=C(\N)c2ccc(C(F)(F)F)cc2C(F)(F)F)C(C)(C)c2ccccc21. The van der Waals surface area contributed by atoms with Crippen molar-refractivity contribution in [2.75, 3.05) is 22.9 Å². The summed E-state index contributed by atoms with van der Waals surface area (Å²) in [5.74, 6) is 6.83. The molecule has 0 saturated carbocycles. The number of anilines is 2. The minimum absolute atomic E-state index is 0.00814. The molecule has 11 heteroatoms. The summed E-state index contributed by atoms with van der Waals surface area (Å²) >= 11 is 0. The minimum Gasteiger partial charge on any atom is -0.397 e. The van der Waals surface area contributed by atoms with Crippen molar-refractivity contribution >= 4 is 17.1 Å². The second-order valence-electron chi connectivity index (χ2n) is 16.2. The van der Waals surface area contributed by atoms with Crippen molar-refractivity contribution < 1.29 is 26.3 Å². The van der Waals surface area contributed by atoms with E-state index >= 15 is 0 Å². The zero-order chi connectivity index (χ0) is 41.5. The predicted molar refractivity (Wildman–Crippen MR) is 219 cm³/mol. The Labute approximate surface area is 332 Å². The zero-order valence-corrected chi connectivity index (χ0v) is 33.5. The monoisotopic (exact) mass is 789 g/mol. The van der Waals surface area contributed by atoms with Crippen molar-refractivity contribution in [1.82, 2.24) is 5.01 Å². The van der Waals surface area contributed by atoms with E-state index in [1.165, 1.54) is 28.0 Å². The van der Waals surface area contributed by atoms with E-state index in [0.717, 1.165) is 60.9 Å². The summed E-state index contributed by atoms with van der Waals surface area (Å²) in [7, 11) is 0. The van der Waals surface area contributed by atoms with Crippen LogP contribution in [0.3, 0.4) is 0 Å². The lowest BCUT2D eigenvalue weighted by molar-refractivity contribution is -0.143. The fourth-order valence-electron chi connectivity index (χ4n) is 8.86. The van der Waals surface area contributed by atoms with Crippen LogP contribution in [0.1, 0.15) is 101 Å². The first-order valence-corrected chi connectivity index (χ1v) is 19.7. The van der Waals surface area contributed by atoms with Gasteiger partial charge >= 0.3 is 12.4 Å². The lowest BCUT2D eigenvalue weighted by atomic mass is 9.80. The lowest BCUT2D eigenvalue weighted by Crippen LogP contribution is -2.40. The third-order valence-corrected chi connectivity index (χ3v) is 11.6. The molecule has 1 atom stereocenters. The standard InChI is InChI=1S/C46H53F6N5/c1-7-26-55-38-18-11-9-16-34(38)43(3,4)40(55)24-20-30-14-13-15-31(21-25-41-44(5,6)35-17-10-12-19-39(35)56(41)27-8-2)42(30)57(54)29-37(53)33-23-22-32(45(47,48)49)28-36(33)46(50,51)52/h9-12,16-25,28-29,40H,7-8,13-15,26-27,53-54H2,1-6H3/b24-20+,31-21+,37-29-,41-25+. The Bertz CT molecular complexity index is 2130. The molecule has 2 heterocycles. The van der Waals surface area contributed by atoms with E-state index in [-0.39, 0.29) is 22.9 Å². The molecular formula is C46H53F6N5. The van der Waals surface area contributed by atoms with Gasteiger partial charge in [0.05, 0.1) is 28.6 Å². The van der Waals surface area contributed by atoms with Crippen molar-refractivity contribution in [3.63, 3.8) is 0 Å². The van der Waals surface area contributed by atoms with E-state index in [1.54, 1.807) is 0 Å². The number of benzene rings is 3. The second kappa shape index (κ2) is 15.8. The lowest BCUT2D eigenvalue weighted by Gasteiger charge is -2.33. The van der Waals surface area contributed by atoms with Gasteiger partial charge in [-0.1, -0.05) is 102 Å². The highest BCUT2D eigenvalue weighted by atomic mass is 19.4. The maximum absolute atomic E-state index is 14.2. The Kier molecular flexibility index (Phi) is 11.6. The van der Waals surface area contributed by atoms with Crippen LogP contribution in [0.15, 0.2) is 120 Å². The molecule has 0 aromatic heterocycles. The van der Waals surface area contributed by atoms with Crippen LogP contribution in [-0.4, -0.2) is 24.1 Å². The number of hydrazine groups is 1. The Balaban J connectivity index is 1.49. The average Bonchev–Trinajstić information content (AvgIpc) is 3.50. The molecule has 57 heavy (non-hydrogen) atoms. The van der Waals surface area contributed by atoms with Gasteiger partial charge in [-0.2, -0.15) is 26.3 Å². The molecule has 304 valence electrons. The molecule has 3 aromatic carbocycles. The highest BCUT2D eigenvalue weighted by molar-refractivity contribution is 5.71. The maximum atomic E-state index is 14.2. The van der Waals surface area contributed by atoms with Crippen molar-refractivity contribution in [1.29, 1.82) is 0 Å². The van der Waals surface area contributed by atoms with Gasteiger partial charge in [0.1, 0.15) is 0 Å². The van der Waals surface area contributed by atoms with E-state index in [1.807, 2.05) is 18.2 Å². The molecule has 1 unspecified atom stereocenters. The van der Waals surface area contributed by atoms with Gasteiger partial charge in [0, 0.05) is 52.8 Å². The van der Waals surface area contributed by atoms with Crippen molar-refractivity contribution in [2.45, 2.75) is 103 Å². The van der Waals surface area contributed by atoms with Crippen LogP contribution in [0.25, 0.3) is 5.70 Å². The topological polar surface area (TPSA) is 61.8 Å². The molecule has 3 aliphatic rings. The number of allylic oxidation sites excluding steroid dienone is 6. The Morgan fingerprint density at radius 2 is 1.47 bits per heavy atom. The van der Waals surface area contributed by atoms with Crippen LogP contribution in [0.5, 0.6) is 0 Å². The quantitative estimate of drug-likeness (QED) is 0.122. The van der Waals surface area contributed by atoms with Crippen LogP contribution in [0, 0.1) is 0 Å². The third kappa shape index (κ3) is 8.00. The summed E-state index contributed by atoms with van der Waals surface area (Å²) < 4.78 is 83.3. The van der Waals surface area contributed by atoms with Gasteiger partial charge in [-0.3, -0.25) is 5.01 Å². The first-order chi connectivity index (χ1) is 26.8. The average molecular weight is 790 g/mol. The smallest absolute Gasteiger partial charge is 0.397 e. The molecule has 0 bridgehead atoms. The summed E-state index contributed by atoms with van der Waals surface area (Å²) in [6.45, 7) is 14.8. The molecule has 1 aliphatic carbocycles. The second-order valence-corrected chi connectivity index (χ2v) is 16.2. The molecule has 0 fully saturated rings. The van der Waals surface area contributed by atoms with Crippen LogP contribution in [0.2, 0.25) is 0 Å². The number of hydrogen-bond acceptors (Lipinski definition) is 5. The first-order valence-electron chi connectivity index (χ1n) is 19.7. The molecule has 6 rings (SSSR count). The van der Waals surface area contributed by atoms with E-state index in [4.69, 9.17) is 11.6 Å².